The molecule has 2 amide bonds. The van der Waals surface area contributed by atoms with Crippen LogP contribution < -0.4 is 25.0 Å². The minimum atomic E-state index is -3.97. The lowest BCUT2D eigenvalue weighted by Crippen LogP contribution is -2.41. The number of anilines is 1. The Kier molecular flexibility index (Phi) is 4.21. The SMILES string of the molecule is O=C1CCc2cc(S(=O)(=O)NNC(=O)c3ccc4c(c3)OCO4)ccc2N1. The molecule has 2 aromatic carbocycles. The molecule has 0 radical (unpaired) electrons. The molecule has 2 aliphatic rings. The van der Waals surface area contributed by atoms with Gasteiger partial charge in [0.25, 0.3) is 15.9 Å². The molecule has 4 rings (SSSR count). The van der Waals surface area contributed by atoms with Gasteiger partial charge in [-0.1, -0.05) is 0 Å². The fourth-order valence-corrected chi connectivity index (χ4v) is 3.70. The topological polar surface area (TPSA) is 123 Å². The first-order chi connectivity index (χ1) is 12.9. The van der Waals surface area contributed by atoms with Crippen LogP contribution in [-0.2, 0) is 21.2 Å². The lowest BCUT2D eigenvalue weighted by molar-refractivity contribution is -0.116. The number of amides is 2. The van der Waals surface area contributed by atoms with Gasteiger partial charge in [0.05, 0.1) is 4.90 Å². The van der Waals surface area contributed by atoms with E-state index in [1.807, 2.05) is 0 Å². The van der Waals surface area contributed by atoms with E-state index in [2.05, 4.69) is 15.6 Å². The molecule has 3 N–H and O–H groups in total. The molecule has 2 heterocycles. The highest BCUT2D eigenvalue weighted by atomic mass is 32.2. The lowest BCUT2D eigenvalue weighted by atomic mass is 10.0. The standard InChI is InChI=1S/C17H15N3O6S/c21-16-6-2-10-7-12(3-4-13(10)18-16)27(23,24)20-19-17(22)11-1-5-14-15(8-11)26-9-25-14/h1,3-5,7-8,20H,2,6,9H2,(H,18,21)(H,19,22). The highest BCUT2D eigenvalue weighted by Crippen LogP contribution is 2.32. The lowest BCUT2D eigenvalue weighted by Gasteiger charge is -2.17. The van der Waals surface area contributed by atoms with Crippen LogP contribution >= 0.6 is 0 Å². The molecular weight excluding hydrogens is 374 g/mol. The summed E-state index contributed by atoms with van der Waals surface area (Å²) in [7, 11) is -3.97. The normalized spacial score (nSPS) is 15.0. The Balaban J connectivity index is 1.47. The van der Waals surface area contributed by atoms with E-state index in [0.717, 1.165) is 5.56 Å². The fourth-order valence-electron chi connectivity index (χ4n) is 2.81. The first-order valence-electron chi connectivity index (χ1n) is 8.07. The number of hydrazine groups is 1. The van der Waals surface area contributed by atoms with Crippen molar-refractivity contribution >= 4 is 27.5 Å². The van der Waals surface area contributed by atoms with Crippen LogP contribution in [0.25, 0.3) is 0 Å². The molecule has 140 valence electrons. The summed E-state index contributed by atoms with van der Waals surface area (Å²) in [6.45, 7) is 0.0752. The Morgan fingerprint density at radius 3 is 2.70 bits per heavy atom. The van der Waals surface area contributed by atoms with E-state index in [-0.39, 0.29) is 23.2 Å². The minimum Gasteiger partial charge on any atom is -0.454 e. The monoisotopic (exact) mass is 389 g/mol. The van der Waals surface area contributed by atoms with Crippen LogP contribution in [0, 0.1) is 0 Å². The number of aryl methyl sites for hydroxylation is 1. The molecule has 0 saturated heterocycles. The van der Waals surface area contributed by atoms with Gasteiger partial charge in [0.2, 0.25) is 12.7 Å². The Labute approximate surface area is 154 Å². The predicted molar refractivity (Wildman–Crippen MR) is 93.7 cm³/mol. The minimum absolute atomic E-state index is 0.0108. The molecule has 0 fully saturated rings. The summed E-state index contributed by atoms with van der Waals surface area (Å²) in [6, 6.07) is 8.90. The number of hydrogen-bond acceptors (Lipinski definition) is 6. The van der Waals surface area contributed by atoms with Crippen LogP contribution in [0.2, 0.25) is 0 Å². The van der Waals surface area contributed by atoms with Crippen LogP contribution in [-0.4, -0.2) is 27.0 Å². The first-order valence-corrected chi connectivity index (χ1v) is 9.55. The van der Waals surface area contributed by atoms with Crippen LogP contribution in [0.5, 0.6) is 11.5 Å². The number of carbonyl (C=O) groups is 2. The van der Waals surface area contributed by atoms with E-state index in [1.165, 1.54) is 30.3 Å². The zero-order chi connectivity index (χ0) is 19.0. The molecule has 9 nitrogen and oxygen atoms in total. The van der Waals surface area contributed by atoms with Crippen molar-refractivity contribution in [2.75, 3.05) is 12.1 Å². The Hall–Kier alpha value is -3.11. The molecule has 0 saturated carbocycles. The number of fused-ring (bicyclic) bond motifs is 2. The number of benzene rings is 2. The van der Waals surface area contributed by atoms with E-state index in [4.69, 9.17) is 9.47 Å². The first kappa shape index (κ1) is 17.3. The Morgan fingerprint density at radius 1 is 1.04 bits per heavy atom. The van der Waals surface area contributed by atoms with Crippen molar-refractivity contribution in [2.45, 2.75) is 17.7 Å². The van der Waals surface area contributed by atoms with Gasteiger partial charge in [0.1, 0.15) is 0 Å². The molecule has 0 aliphatic carbocycles. The van der Waals surface area contributed by atoms with Gasteiger partial charge in [-0.3, -0.25) is 15.0 Å². The average Bonchev–Trinajstić information content (AvgIpc) is 3.13. The van der Waals surface area contributed by atoms with Crippen molar-refractivity contribution in [2.24, 2.45) is 0 Å². The zero-order valence-electron chi connectivity index (χ0n) is 13.9. The molecule has 27 heavy (non-hydrogen) atoms. The zero-order valence-corrected chi connectivity index (χ0v) is 14.8. The molecule has 0 bridgehead atoms. The van der Waals surface area contributed by atoms with Crippen LogP contribution in [0.1, 0.15) is 22.3 Å². The van der Waals surface area contributed by atoms with Gasteiger partial charge in [-0.05, 0) is 48.4 Å². The highest BCUT2D eigenvalue weighted by Gasteiger charge is 2.21. The van der Waals surface area contributed by atoms with Crippen molar-refractivity contribution in [3.05, 3.63) is 47.5 Å². The predicted octanol–water partition coefficient (Wildman–Crippen LogP) is 0.923. The van der Waals surface area contributed by atoms with Gasteiger partial charge in [0.15, 0.2) is 11.5 Å². The molecule has 2 aromatic rings. The van der Waals surface area contributed by atoms with Gasteiger partial charge in [-0.2, -0.15) is 0 Å². The number of carbonyl (C=O) groups excluding carboxylic acids is 2. The quantitative estimate of drug-likeness (QED) is 0.669. The van der Waals surface area contributed by atoms with Gasteiger partial charge < -0.3 is 14.8 Å². The van der Waals surface area contributed by atoms with Gasteiger partial charge in [0, 0.05) is 17.7 Å². The summed E-state index contributed by atoms with van der Waals surface area (Å²) in [4.78, 5) is 25.7. The summed E-state index contributed by atoms with van der Waals surface area (Å²) in [5.74, 6) is 0.199. The summed E-state index contributed by atoms with van der Waals surface area (Å²) in [6.07, 6.45) is 0.749. The van der Waals surface area contributed by atoms with Crippen molar-refractivity contribution in [3.8, 4) is 11.5 Å². The maximum Gasteiger partial charge on any atom is 0.266 e. The molecule has 0 aromatic heterocycles. The van der Waals surface area contributed by atoms with Gasteiger partial charge in [-0.15, -0.1) is 4.83 Å². The van der Waals surface area contributed by atoms with Crippen LogP contribution in [0.15, 0.2) is 41.3 Å². The maximum absolute atomic E-state index is 12.4. The van der Waals surface area contributed by atoms with E-state index in [1.54, 1.807) is 6.07 Å². The second kappa shape index (κ2) is 6.56. The van der Waals surface area contributed by atoms with E-state index in [0.29, 0.717) is 30.0 Å². The molecule has 2 aliphatic heterocycles. The average molecular weight is 389 g/mol. The van der Waals surface area contributed by atoms with Gasteiger partial charge in [-0.25, -0.2) is 8.42 Å². The van der Waals surface area contributed by atoms with E-state index < -0.39 is 15.9 Å². The van der Waals surface area contributed by atoms with Crippen LogP contribution in [0.3, 0.4) is 0 Å². The maximum atomic E-state index is 12.4. The second-order valence-corrected chi connectivity index (χ2v) is 7.68. The molecule has 0 spiro atoms. The van der Waals surface area contributed by atoms with Gasteiger partial charge >= 0.3 is 0 Å². The molecule has 10 heteroatoms. The molecule has 0 unspecified atom stereocenters. The molecule has 0 atom stereocenters. The van der Waals surface area contributed by atoms with Crippen LogP contribution in [0.4, 0.5) is 5.69 Å². The molecular formula is C17H15N3O6S. The van der Waals surface area contributed by atoms with Crippen molar-refractivity contribution in [3.63, 3.8) is 0 Å². The second-order valence-electron chi connectivity index (χ2n) is 5.99. The highest BCUT2D eigenvalue weighted by molar-refractivity contribution is 7.89. The third-order valence-electron chi connectivity index (χ3n) is 4.22. The summed E-state index contributed by atoms with van der Waals surface area (Å²) < 4.78 is 35.3. The Bertz CT molecular complexity index is 1050. The van der Waals surface area contributed by atoms with Crippen molar-refractivity contribution in [1.29, 1.82) is 0 Å². The number of rotatable bonds is 4. The third kappa shape index (κ3) is 3.44. The third-order valence-corrected chi connectivity index (χ3v) is 5.46. The number of sulfonamides is 1. The Morgan fingerprint density at radius 2 is 1.85 bits per heavy atom. The smallest absolute Gasteiger partial charge is 0.266 e. The fraction of sp³-hybridized carbons (Fsp3) is 0.176. The summed E-state index contributed by atoms with van der Waals surface area (Å²) in [5.41, 5.74) is 3.70. The number of nitrogens with one attached hydrogen (secondary N) is 3. The largest absolute Gasteiger partial charge is 0.454 e. The van der Waals surface area contributed by atoms with Crippen molar-refractivity contribution < 1.29 is 27.5 Å². The van der Waals surface area contributed by atoms with Crippen molar-refractivity contribution in [1.82, 2.24) is 10.3 Å². The number of ether oxygens (including phenoxy) is 2. The summed E-state index contributed by atoms with van der Waals surface area (Å²) >= 11 is 0. The van der Waals surface area contributed by atoms with E-state index in [9.17, 15) is 18.0 Å². The summed E-state index contributed by atoms with van der Waals surface area (Å²) in [5, 5.41) is 2.68. The number of hydrogen-bond donors (Lipinski definition) is 3. The van der Waals surface area contributed by atoms with E-state index >= 15 is 0 Å².